The first-order valence-electron chi connectivity index (χ1n) is 9.48. The fourth-order valence-corrected chi connectivity index (χ4v) is 2.97. The molecule has 0 fully saturated rings. The predicted molar refractivity (Wildman–Crippen MR) is 107 cm³/mol. The van der Waals surface area contributed by atoms with Gasteiger partial charge in [-0.3, -0.25) is 9.36 Å². The maximum absolute atomic E-state index is 14.2. The van der Waals surface area contributed by atoms with E-state index < -0.39 is 29.0 Å². The van der Waals surface area contributed by atoms with E-state index in [0.717, 1.165) is 6.42 Å². The van der Waals surface area contributed by atoms with Crippen molar-refractivity contribution in [2.75, 3.05) is 17.2 Å². The number of hydrogen-bond acceptors (Lipinski definition) is 6. The van der Waals surface area contributed by atoms with E-state index in [0.29, 0.717) is 42.2 Å². The third-order valence-electron chi connectivity index (χ3n) is 4.46. The van der Waals surface area contributed by atoms with Crippen LogP contribution in [0, 0.1) is 17.5 Å². The van der Waals surface area contributed by atoms with Gasteiger partial charge in [-0.25, -0.2) is 23.1 Å². The van der Waals surface area contributed by atoms with E-state index >= 15 is 0 Å². The summed E-state index contributed by atoms with van der Waals surface area (Å²) in [6.07, 6.45) is 2.81. The summed E-state index contributed by atoms with van der Waals surface area (Å²) in [6, 6.07) is 0.800. The smallest absolute Gasteiger partial charge is 0.224 e. The minimum absolute atomic E-state index is 0.0771. The second-order valence-electron chi connectivity index (χ2n) is 6.86. The minimum Gasteiger partial charge on any atom is -0.370 e. The van der Waals surface area contributed by atoms with E-state index in [2.05, 4.69) is 25.6 Å². The molecule has 30 heavy (non-hydrogen) atoms. The van der Waals surface area contributed by atoms with Gasteiger partial charge in [0.15, 0.2) is 17.3 Å². The summed E-state index contributed by atoms with van der Waals surface area (Å²) in [5.74, 6) is -3.26. The van der Waals surface area contributed by atoms with Gasteiger partial charge in [0.05, 0.1) is 6.20 Å². The number of nitrogens with one attached hydrogen (secondary N) is 2. The lowest BCUT2D eigenvalue weighted by molar-refractivity contribution is -0.118. The van der Waals surface area contributed by atoms with Gasteiger partial charge in [-0.1, -0.05) is 6.92 Å². The zero-order valence-electron chi connectivity index (χ0n) is 16.5. The van der Waals surface area contributed by atoms with Crippen LogP contribution in [-0.4, -0.2) is 32.0 Å². The lowest BCUT2D eigenvalue weighted by Gasteiger charge is -2.18. The first-order chi connectivity index (χ1) is 14.3. The van der Waals surface area contributed by atoms with Crippen LogP contribution in [0.15, 0.2) is 18.3 Å². The van der Waals surface area contributed by atoms with Gasteiger partial charge in [0, 0.05) is 31.1 Å². The zero-order chi connectivity index (χ0) is 21.8. The Bertz CT molecular complexity index is 1050. The molecule has 1 amide bonds. The van der Waals surface area contributed by atoms with Crippen LogP contribution in [0.4, 0.5) is 30.8 Å². The number of carbonyl (C=O) groups excluding carboxylic acids is 1. The second-order valence-corrected chi connectivity index (χ2v) is 6.86. The average molecular weight is 421 g/mol. The van der Waals surface area contributed by atoms with Gasteiger partial charge in [0.25, 0.3) is 0 Å². The van der Waals surface area contributed by atoms with Gasteiger partial charge in [-0.15, -0.1) is 0 Å². The number of aromatic nitrogens is 4. The van der Waals surface area contributed by atoms with Crippen molar-refractivity contribution in [1.29, 1.82) is 0 Å². The highest BCUT2D eigenvalue weighted by Gasteiger charge is 2.21. The summed E-state index contributed by atoms with van der Waals surface area (Å²) in [7, 11) is 0. The number of primary amides is 1. The van der Waals surface area contributed by atoms with E-state index in [1.807, 2.05) is 6.92 Å². The average Bonchev–Trinajstić information content (AvgIpc) is 3.04. The van der Waals surface area contributed by atoms with E-state index in [1.54, 1.807) is 11.5 Å². The fraction of sp³-hybridized carbons (Fsp3) is 0.368. The number of halogens is 3. The Morgan fingerprint density at radius 1 is 1.23 bits per heavy atom. The molecule has 0 bridgehead atoms. The monoisotopic (exact) mass is 421 g/mol. The molecule has 0 unspecified atom stereocenters. The summed E-state index contributed by atoms with van der Waals surface area (Å²) < 4.78 is 43.2. The van der Waals surface area contributed by atoms with Crippen LogP contribution in [0.25, 0.3) is 11.2 Å². The standard InChI is InChI=1S/C19H22F3N7O/c1-3-6-24-18-25-9-14-17(28-18)29(10(2)4-5-15(23)30)19(26-14)27-16-12(21)7-11(20)8-13(16)22/h7-10H,3-6H2,1-2H3,(H2,23,30)(H,26,27)(H,24,25,28)/t10-/m1/s1. The van der Waals surface area contributed by atoms with E-state index in [4.69, 9.17) is 5.73 Å². The number of amides is 1. The molecule has 0 aliphatic carbocycles. The highest BCUT2D eigenvalue weighted by atomic mass is 19.1. The van der Waals surface area contributed by atoms with E-state index in [1.165, 1.54) is 6.20 Å². The number of hydrogen-bond donors (Lipinski definition) is 3. The molecule has 1 atom stereocenters. The third-order valence-corrected chi connectivity index (χ3v) is 4.46. The molecule has 0 aliphatic rings. The van der Waals surface area contributed by atoms with Gasteiger partial charge in [0.2, 0.25) is 17.8 Å². The zero-order valence-corrected chi connectivity index (χ0v) is 16.5. The van der Waals surface area contributed by atoms with Gasteiger partial charge in [-0.2, -0.15) is 4.98 Å². The molecule has 0 saturated heterocycles. The summed E-state index contributed by atoms with van der Waals surface area (Å²) >= 11 is 0. The molecule has 1 aromatic carbocycles. The summed E-state index contributed by atoms with van der Waals surface area (Å²) in [5.41, 5.74) is 5.49. The largest absolute Gasteiger partial charge is 0.370 e. The SMILES string of the molecule is CCCNc1ncc2nc(Nc3c(F)cc(F)cc3F)n([C@H](C)CCC(N)=O)c2n1. The molecule has 0 saturated carbocycles. The van der Waals surface area contributed by atoms with Crippen LogP contribution in [0.2, 0.25) is 0 Å². The van der Waals surface area contributed by atoms with Crippen molar-refractivity contribution in [3.63, 3.8) is 0 Å². The number of rotatable bonds is 9. The van der Waals surface area contributed by atoms with E-state index in [9.17, 15) is 18.0 Å². The molecule has 0 spiro atoms. The number of fused-ring (bicyclic) bond motifs is 1. The van der Waals surface area contributed by atoms with Crippen molar-refractivity contribution >= 4 is 34.7 Å². The summed E-state index contributed by atoms with van der Waals surface area (Å²) in [5, 5.41) is 5.65. The van der Waals surface area contributed by atoms with Crippen molar-refractivity contribution in [3.8, 4) is 0 Å². The van der Waals surface area contributed by atoms with Crippen molar-refractivity contribution in [2.24, 2.45) is 5.73 Å². The predicted octanol–water partition coefficient (Wildman–Crippen LogP) is 3.64. The number of nitrogens with two attached hydrogens (primary N) is 1. The first kappa shape index (κ1) is 21.3. The van der Waals surface area contributed by atoms with Crippen molar-refractivity contribution in [3.05, 3.63) is 35.8 Å². The molecule has 160 valence electrons. The molecule has 11 heteroatoms. The lowest BCUT2D eigenvalue weighted by Crippen LogP contribution is -2.16. The number of carbonyl (C=O) groups is 1. The number of anilines is 3. The molecule has 0 radical (unpaired) electrons. The Hall–Kier alpha value is -3.37. The third kappa shape index (κ3) is 4.61. The Morgan fingerprint density at radius 3 is 2.57 bits per heavy atom. The van der Waals surface area contributed by atoms with Gasteiger partial charge >= 0.3 is 0 Å². The normalized spacial score (nSPS) is 12.2. The Balaban J connectivity index is 2.07. The molecule has 3 aromatic rings. The van der Waals surface area contributed by atoms with Crippen LogP contribution in [-0.2, 0) is 4.79 Å². The lowest BCUT2D eigenvalue weighted by atomic mass is 10.2. The fourth-order valence-electron chi connectivity index (χ4n) is 2.97. The van der Waals surface area contributed by atoms with Crippen molar-refractivity contribution in [2.45, 2.75) is 39.2 Å². The molecule has 8 nitrogen and oxygen atoms in total. The van der Waals surface area contributed by atoms with Crippen LogP contribution in [0.3, 0.4) is 0 Å². The van der Waals surface area contributed by atoms with Crippen molar-refractivity contribution < 1.29 is 18.0 Å². The van der Waals surface area contributed by atoms with Crippen LogP contribution >= 0.6 is 0 Å². The number of imidazole rings is 1. The maximum Gasteiger partial charge on any atom is 0.224 e. The molecular formula is C19H22F3N7O. The van der Waals surface area contributed by atoms with Crippen molar-refractivity contribution in [1.82, 2.24) is 19.5 Å². The molecule has 0 aliphatic heterocycles. The summed E-state index contributed by atoms with van der Waals surface area (Å²) in [4.78, 5) is 24.2. The highest BCUT2D eigenvalue weighted by molar-refractivity contribution is 5.77. The number of nitrogens with zero attached hydrogens (tertiary/aromatic N) is 4. The second kappa shape index (κ2) is 8.97. The number of benzene rings is 1. The maximum atomic E-state index is 14.2. The Labute approximate surface area is 170 Å². The quantitative estimate of drug-likeness (QED) is 0.487. The molecule has 4 N–H and O–H groups in total. The first-order valence-corrected chi connectivity index (χ1v) is 9.48. The molecule has 3 rings (SSSR count). The van der Waals surface area contributed by atoms with Crippen LogP contribution < -0.4 is 16.4 Å². The van der Waals surface area contributed by atoms with Crippen LogP contribution in [0.1, 0.15) is 39.2 Å². The molecule has 2 heterocycles. The van der Waals surface area contributed by atoms with Gasteiger partial charge in [-0.05, 0) is 19.8 Å². The Kier molecular flexibility index (Phi) is 6.38. The molecular weight excluding hydrogens is 399 g/mol. The highest BCUT2D eigenvalue weighted by Crippen LogP contribution is 2.30. The molecule has 2 aromatic heterocycles. The van der Waals surface area contributed by atoms with E-state index in [-0.39, 0.29) is 18.4 Å². The van der Waals surface area contributed by atoms with Crippen LogP contribution in [0.5, 0.6) is 0 Å². The van der Waals surface area contributed by atoms with Gasteiger partial charge in [0.1, 0.15) is 17.0 Å². The minimum atomic E-state index is -1.10. The van der Waals surface area contributed by atoms with Gasteiger partial charge < -0.3 is 16.4 Å². The Morgan fingerprint density at radius 2 is 1.93 bits per heavy atom. The topological polar surface area (TPSA) is 111 Å². The summed E-state index contributed by atoms with van der Waals surface area (Å²) in [6.45, 7) is 4.46.